The van der Waals surface area contributed by atoms with E-state index in [9.17, 15) is 13.2 Å². The largest absolute Gasteiger partial charge is 0.352 e. The topological polar surface area (TPSA) is 66.5 Å². The normalized spacial score (nSPS) is 14.2. The van der Waals surface area contributed by atoms with Crippen molar-refractivity contribution in [3.05, 3.63) is 29.3 Å². The van der Waals surface area contributed by atoms with E-state index in [2.05, 4.69) is 5.32 Å². The number of halogens is 1. The Kier molecular flexibility index (Phi) is 6.68. The van der Waals surface area contributed by atoms with Crippen LogP contribution in [-0.2, 0) is 14.8 Å². The molecule has 0 spiro atoms. The highest BCUT2D eigenvalue weighted by Crippen LogP contribution is 2.24. The maximum atomic E-state index is 12.4. The highest BCUT2D eigenvalue weighted by atomic mass is 35.5. The van der Waals surface area contributed by atoms with Crippen LogP contribution in [-0.4, -0.2) is 32.7 Å². The van der Waals surface area contributed by atoms with Crippen molar-refractivity contribution in [2.75, 3.05) is 10.6 Å². The average molecular weight is 347 g/mol. The van der Waals surface area contributed by atoms with Gasteiger partial charge in [-0.1, -0.05) is 25.4 Å². The summed E-state index contributed by atoms with van der Waals surface area (Å²) < 4.78 is 25.5. The Morgan fingerprint density at radius 3 is 2.18 bits per heavy atom. The molecule has 0 heterocycles. The first kappa shape index (κ1) is 18.8. The lowest BCUT2D eigenvalue weighted by atomic mass is 10.1. The molecule has 0 fully saturated rings. The molecule has 0 radical (unpaired) electrons. The molecule has 0 aliphatic heterocycles. The third-order valence-corrected chi connectivity index (χ3v) is 4.84. The van der Waals surface area contributed by atoms with Crippen LogP contribution in [0.1, 0.15) is 33.6 Å². The fourth-order valence-corrected chi connectivity index (χ4v) is 3.43. The Morgan fingerprint density at radius 1 is 1.23 bits per heavy atom. The molecule has 2 unspecified atom stereocenters. The minimum Gasteiger partial charge on any atom is -0.352 e. The Balaban J connectivity index is 3.19. The Bertz CT molecular complexity index is 602. The zero-order valence-corrected chi connectivity index (χ0v) is 14.9. The molecule has 5 nitrogen and oxygen atoms in total. The van der Waals surface area contributed by atoms with Crippen molar-refractivity contribution in [3.63, 3.8) is 0 Å². The second-order valence-electron chi connectivity index (χ2n) is 5.28. The minimum atomic E-state index is -3.60. The van der Waals surface area contributed by atoms with Crippen LogP contribution in [0.4, 0.5) is 5.69 Å². The van der Waals surface area contributed by atoms with Crippen molar-refractivity contribution >= 4 is 33.2 Å². The van der Waals surface area contributed by atoms with E-state index < -0.39 is 16.1 Å². The van der Waals surface area contributed by atoms with Crippen molar-refractivity contribution in [1.82, 2.24) is 5.32 Å². The van der Waals surface area contributed by atoms with Crippen LogP contribution in [0.5, 0.6) is 0 Å². The molecule has 1 N–H and O–H groups in total. The van der Waals surface area contributed by atoms with Crippen molar-refractivity contribution in [2.45, 2.75) is 45.7 Å². The maximum absolute atomic E-state index is 12.4. The van der Waals surface area contributed by atoms with Gasteiger partial charge in [-0.3, -0.25) is 9.10 Å². The smallest absolute Gasteiger partial charge is 0.244 e. The molecule has 1 rings (SSSR count). The summed E-state index contributed by atoms with van der Waals surface area (Å²) in [6.07, 6.45) is 2.25. The van der Waals surface area contributed by atoms with Crippen LogP contribution in [0.2, 0.25) is 5.02 Å². The second-order valence-corrected chi connectivity index (χ2v) is 7.57. The minimum absolute atomic E-state index is 0.00632. The highest BCUT2D eigenvalue weighted by molar-refractivity contribution is 7.92. The number of rotatable bonds is 7. The number of hydrogen-bond acceptors (Lipinski definition) is 3. The quantitative estimate of drug-likeness (QED) is 0.825. The van der Waals surface area contributed by atoms with Crippen molar-refractivity contribution in [3.8, 4) is 0 Å². The SMILES string of the molecule is CCC(C)NC(=O)C(CC)N(c1ccc(Cl)cc1)S(C)(=O)=O. The summed E-state index contributed by atoms with van der Waals surface area (Å²) in [4.78, 5) is 12.4. The Morgan fingerprint density at radius 2 is 1.77 bits per heavy atom. The van der Waals surface area contributed by atoms with Crippen molar-refractivity contribution in [1.29, 1.82) is 0 Å². The van der Waals surface area contributed by atoms with Gasteiger partial charge >= 0.3 is 0 Å². The van der Waals surface area contributed by atoms with E-state index in [-0.39, 0.29) is 11.9 Å². The van der Waals surface area contributed by atoms with Gasteiger partial charge in [0.15, 0.2) is 0 Å². The summed E-state index contributed by atoms with van der Waals surface area (Å²) >= 11 is 5.85. The fraction of sp³-hybridized carbons (Fsp3) is 0.533. The number of benzene rings is 1. The lowest BCUT2D eigenvalue weighted by Crippen LogP contribution is -2.51. The van der Waals surface area contributed by atoms with E-state index >= 15 is 0 Å². The van der Waals surface area contributed by atoms with Crippen LogP contribution in [0.3, 0.4) is 0 Å². The molecule has 1 amide bonds. The summed E-state index contributed by atoms with van der Waals surface area (Å²) in [6, 6.07) is 5.62. The van der Waals surface area contributed by atoms with E-state index in [4.69, 9.17) is 11.6 Å². The summed E-state index contributed by atoms with van der Waals surface area (Å²) in [5.74, 6) is -0.294. The first-order valence-electron chi connectivity index (χ1n) is 7.26. The van der Waals surface area contributed by atoms with Gasteiger partial charge in [0.25, 0.3) is 0 Å². The Hall–Kier alpha value is -1.27. The number of nitrogens with one attached hydrogen (secondary N) is 1. The zero-order valence-electron chi connectivity index (χ0n) is 13.3. The first-order valence-corrected chi connectivity index (χ1v) is 9.48. The summed E-state index contributed by atoms with van der Waals surface area (Å²) in [7, 11) is -3.60. The standard InChI is InChI=1S/C15H23ClN2O3S/c1-5-11(3)17-15(19)14(6-2)18(22(4,20)21)13-9-7-12(16)8-10-13/h7-11,14H,5-6H2,1-4H3,(H,17,19). The molecule has 1 aromatic carbocycles. The molecular weight excluding hydrogens is 324 g/mol. The predicted molar refractivity (Wildman–Crippen MR) is 90.7 cm³/mol. The van der Waals surface area contributed by atoms with Crippen LogP contribution < -0.4 is 9.62 Å². The number of hydrogen-bond donors (Lipinski definition) is 1. The molecule has 1 aromatic rings. The van der Waals surface area contributed by atoms with E-state index in [0.29, 0.717) is 17.1 Å². The number of carbonyl (C=O) groups is 1. The summed E-state index contributed by atoms with van der Waals surface area (Å²) in [5, 5.41) is 3.35. The number of nitrogens with zero attached hydrogens (tertiary/aromatic N) is 1. The van der Waals surface area contributed by atoms with Gasteiger partial charge in [-0.05, 0) is 44.0 Å². The molecule has 7 heteroatoms. The molecule has 0 aliphatic rings. The molecule has 124 valence electrons. The molecule has 0 aromatic heterocycles. The Labute approximate surface area is 137 Å². The van der Waals surface area contributed by atoms with Crippen molar-refractivity contribution in [2.24, 2.45) is 0 Å². The van der Waals surface area contributed by atoms with Crippen LogP contribution >= 0.6 is 11.6 Å². The third-order valence-electron chi connectivity index (χ3n) is 3.41. The molecule has 0 saturated heterocycles. The summed E-state index contributed by atoms with van der Waals surface area (Å²) in [6.45, 7) is 5.63. The van der Waals surface area contributed by atoms with Gasteiger partial charge in [-0.25, -0.2) is 8.42 Å². The van der Waals surface area contributed by atoms with E-state index in [1.165, 1.54) is 0 Å². The molecule has 22 heavy (non-hydrogen) atoms. The first-order chi connectivity index (χ1) is 10.2. The molecule has 0 aliphatic carbocycles. The molecule has 0 bridgehead atoms. The molecular formula is C15H23ClN2O3S. The highest BCUT2D eigenvalue weighted by Gasteiger charge is 2.31. The van der Waals surface area contributed by atoms with Crippen molar-refractivity contribution < 1.29 is 13.2 Å². The van der Waals surface area contributed by atoms with Gasteiger partial charge in [0, 0.05) is 11.1 Å². The maximum Gasteiger partial charge on any atom is 0.244 e. The molecule has 2 atom stereocenters. The molecule has 0 saturated carbocycles. The van der Waals surface area contributed by atoms with Crippen LogP contribution in [0.15, 0.2) is 24.3 Å². The van der Waals surface area contributed by atoms with E-state index in [0.717, 1.165) is 17.0 Å². The average Bonchev–Trinajstić information content (AvgIpc) is 2.44. The number of sulfonamides is 1. The lowest BCUT2D eigenvalue weighted by molar-refractivity contribution is -0.122. The van der Waals surface area contributed by atoms with E-state index in [1.54, 1.807) is 31.2 Å². The van der Waals surface area contributed by atoms with Gasteiger partial charge in [-0.15, -0.1) is 0 Å². The van der Waals surface area contributed by atoms with Gasteiger partial charge in [0.2, 0.25) is 15.9 Å². The monoisotopic (exact) mass is 346 g/mol. The van der Waals surface area contributed by atoms with Gasteiger partial charge in [-0.2, -0.15) is 0 Å². The number of anilines is 1. The fourth-order valence-electron chi connectivity index (χ4n) is 2.09. The van der Waals surface area contributed by atoms with Gasteiger partial charge in [0.1, 0.15) is 6.04 Å². The lowest BCUT2D eigenvalue weighted by Gasteiger charge is -2.31. The van der Waals surface area contributed by atoms with Gasteiger partial charge < -0.3 is 5.32 Å². The van der Waals surface area contributed by atoms with Crippen LogP contribution in [0.25, 0.3) is 0 Å². The van der Waals surface area contributed by atoms with Crippen LogP contribution in [0, 0.1) is 0 Å². The predicted octanol–water partition coefficient (Wildman–Crippen LogP) is 2.80. The number of amides is 1. The number of carbonyl (C=O) groups excluding carboxylic acids is 1. The van der Waals surface area contributed by atoms with Gasteiger partial charge in [0.05, 0.1) is 11.9 Å². The summed E-state index contributed by atoms with van der Waals surface area (Å²) in [5.41, 5.74) is 0.429. The zero-order chi connectivity index (χ0) is 16.9. The van der Waals surface area contributed by atoms with E-state index in [1.807, 2.05) is 13.8 Å². The second kappa shape index (κ2) is 7.83. The third kappa shape index (κ3) is 4.88.